The van der Waals surface area contributed by atoms with E-state index in [1.165, 1.54) is 18.3 Å². The van der Waals surface area contributed by atoms with Gasteiger partial charge in [-0.3, -0.25) is 13.9 Å². The van der Waals surface area contributed by atoms with Gasteiger partial charge in [0.25, 0.3) is 11.8 Å². The van der Waals surface area contributed by atoms with Crippen LogP contribution < -0.4 is 19.8 Å². The molecule has 2 amide bonds. The molecule has 2 N–H and O–H groups in total. The zero-order valence-electron chi connectivity index (χ0n) is 20.3. The van der Waals surface area contributed by atoms with Gasteiger partial charge in [0.05, 0.1) is 29.2 Å². The lowest BCUT2D eigenvalue weighted by Crippen LogP contribution is -2.39. The van der Waals surface area contributed by atoms with E-state index in [9.17, 15) is 18.0 Å². The lowest BCUT2D eigenvalue weighted by molar-refractivity contribution is -0.123. The highest BCUT2D eigenvalue weighted by Gasteiger charge is 2.22. The Kier molecular flexibility index (Phi) is 9.64. The number of hydrogen-bond acceptors (Lipinski definition) is 6. The Hall–Kier alpha value is -3.89. The number of benzene rings is 3. The number of ether oxygens (including phenoxy) is 1. The van der Waals surface area contributed by atoms with Crippen molar-refractivity contribution in [2.45, 2.75) is 13.0 Å². The summed E-state index contributed by atoms with van der Waals surface area (Å²) in [6, 6.07) is 22.5. The van der Waals surface area contributed by atoms with E-state index >= 15 is 0 Å². The number of nitrogens with zero attached hydrogens (tertiary/aromatic N) is 2. The number of sulfonamides is 1. The van der Waals surface area contributed by atoms with Crippen molar-refractivity contribution in [3.63, 3.8) is 0 Å². The molecule has 3 aromatic rings. The first-order chi connectivity index (χ1) is 17.6. The third kappa shape index (κ3) is 8.62. The normalized spacial score (nSPS) is 12.1. The first kappa shape index (κ1) is 27.7. The van der Waals surface area contributed by atoms with Gasteiger partial charge in [-0.1, -0.05) is 54.1 Å². The number of hydrazone groups is 1. The summed E-state index contributed by atoms with van der Waals surface area (Å²) < 4.78 is 30.8. The third-order valence-electron chi connectivity index (χ3n) is 5.14. The molecular weight excluding hydrogens is 516 g/mol. The lowest BCUT2D eigenvalue weighted by Gasteiger charge is -2.22. The summed E-state index contributed by atoms with van der Waals surface area (Å²) in [7, 11) is -3.76. The van der Waals surface area contributed by atoms with Gasteiger partial charge in [0.15, 0.2) is 6.61 Å². The zero-order chi connectivity index (χ0) is 26.8. The Morgan fingerprint density at radius 2 is 1.65 bits per heavy atom. The van der Waals surface area contributed by atoms with Gasteiger partial charge in [-0.15, -0.1) is 0 Å². The second-order valence-corrected chi connectivity index (χ2v) is 10.4. The van der Waals surface area contributed by atoms with Gasteiger partial charge in [0.2, 0.25) is 10.0 Å². The first-order valence-electron chi connectivity index (χ1n) is 11.2. The minimum Gasteiger partial charge on any atom is -0.484 e. The predicted octanol–water partition coefficient (Wildman–Crippen LogP) is 3.51. The first-order valence-corrected chi connectivity index (χ1v) is 13.5. The van der Waals surface area contributed by atoms with Crippen molar-refractivity contribution in [2.75, 3.05) is 23.7 Å². The van der Waals surface area contributed by atoms with Crippen LogP contribution in [0.2, 0.25) is 5.02 Å². The van der Waals surface area contributed by atoms with Crippen LogP contribution in [-0.4, -0.2) is 45.9 Å². The minimum atomic E-state index is -3.76. The van der Waals surface area contributed by atoms with Crippen LogP contribution in [0.5, 0.6) is 5.75 Å². The standard InChI is InChI=1S/C26H27ClN4O5S/c1-19(21-8-4-3-5-9-21)29-26(33)18-36-22-14-12-20(13-15-22)16-28-30-25(32)17-31(37(2,34)35)24-11-7-6-10-23(24)27/h3-16,19H,17-18H2,1-2H3,(H,29,33)(H,30,32)/b28-16-/t19-/m0/s1. The Bertz CT molecular complexity index is 1350. The Morgan fingerprint density at radius 1 is 1.00 bits per heavy atom. The van der Waals surface area contributed by atoms with Crippen molar-refractivity contribution in [1.29, 1.82) is 0 Å². The largest absolute Gasteiger partial charge is 0.484 e. The molecule has 194 valence electrons. The molecule has 3 rings (SSSR count). The Morgan fingerprint density at radius 3 is 2.30 bits per heavy atom. The summed E-state index contributed by atoms with van der Waals surface area (Å²) in [5.41, 5.74) is 4.16. The number of amides is 2. The summed E-state index contributed by atoms with van der Waals surface area (Å²) in [6.07, 6.45) is 2.39. The second kappa shape index (κ2) is 12.9. The number of carbonyl (C=O) groups excluding carboxylic acids is 2. The molecule has 0 bridgehead atoms. The SMILES string of the molecule is C[C@H](NC(=O)COc1ccc(/C=N\NC(=O)CN(c2ccccc2Cl)S(C)(=O)=O)cc1)c1ccccc1. The molecule has 9 nitrogen and oxygen atoms in total. The highest BCUT2D eigenvalue weighted by molar-refractivity contribution is 7.92. The van der Waals surface area contributed by atoms with E-state index in [4.69, 9.17) is 16.3 Å². The van der Waals surface area contributed by atoms with Gasteiger partial charge in [-0.05, 0) is 54.4 Å². The Balaban J connectivity index is 1.48. The maximum absolute atomic E-state index is 12.3. The molecule has 0 aliphatic carbocycles. The zero-order valence-corrected chi connectivity index (χ0v) is 21.9. The van der Waals surface area contributed by atoms with E-state index in [2.05, 4.69) is 15.8 Å². The average Bonchev–Trinajstić information content (AvgIpc) is 2.87. The number of rotatable bonds is 11. The van der Waals surface area contributed by atoms with Crippen molar-refractivity contribution in [2.24, 2.45) is 5.10 Å². The molecule has 37 heavy (non-hydrogen) atoms. The fourth-order valence-corrected chi connectivity index (χ4v) is 4.44. The number of halogens is 1. The van der Waals surface area contributed by atoms with E-state index in [0.717, 1.165) is 16.1 Å². The summed E-state index contributed by atoms with van der Waals surface area (Å²) in [5, 5.41) is 6.96. The van der Waals surface area contributed by atoms with Crippen molar-refractivity contribution < 1.29 is 22.7 Å². The molecular formula is C26H27ClN4O5S. The highest BCUT2D eigenvalue weighted by Crippen LogP contribution is 2.26. The van der Waals surface area contributed by atoms with Crippen molar-refractivity contribution in [3.8, 4) is 5.75 Å². The van der Waals surface area contributed by atoms with E-state index in [1.54, 1.807) is 36.4 Å². The van der Waals surface area contributed by atoms with Crippen LogP contribution >= 0.6 is 11.6 Å². The molecule has 0 heterocycles. The van der Waals surface area contributed by atoms with Gasteiger partial charge in [-0.2, -0.15) is 5.10 Å². The highest BCUT2D eigenvalue weighted by atomic mass is 35.5. The molecule has 0 saturated carbocycles. The maximum Gasteiger partial charge on any atom is 0.260 e. The summed E-state index contributed by atoms with van der Waals surface area (Å²) in [5.74, 6) is -0.394. The number of hydrogen-bond donors (Lipinski definition) is 2. The van der Waals surface area contributed by atoms with Crippen LogP contribution in [0.25, 0.3) is 0 Å². The summed E-state index contributed by atoms with van der Waals surface area (Å²) in [6.45, 7) is 1.27. The van der Waals surface area contributed by atoms with E-state index in [0.29, 0.717) is 11.3 Å². The van der Waals surface area contributed by atoms with Crippen LogP contribution in [0.4, 0.5) is 5.69 Å². The molecule has 1 atom stereocenters. The van der Waals surface area contributed by atoms with Gasteiger partial charge < -0.3 is 10.1 Å². The molecule has 0 aliphatic rings. The topological polar surface area (TPSA) is 117 Å². The van der Waals surface area contributed by atoms with Crippen molar-refractivity contribution >= 4 is 45.3 Å². The molecule has 0 spiro atoms. The van der Waals surface area contributed by atoms with Gasteiger partial charge in [-0.25, -0.2) is 13.8 Å². The fraction of sp³-hybridized carbons (Fsp3) is 0.192. The molecule has 0 fully saturated rings. The van der Waals surface area contributed by atoms with E-state index in [1.807, 2.05) is 37.3 Å². The smallest absolute Gasteiger partial charge is 0.260 e. The molecule has 0 aliphatic heterocycles. The minimum absolute atomic E-state index is 0.136. The van der Waals surface area contributed by atoms with Crippen LogP contribution in [0.3, 0.4) is 0 Å². The fourth-order valence-electron chi connectivity index (χ4n) is 3.29. The van der Waals surface area contributed by atoms with Crippen LogP contribution in [0.1, 0.15) is 24.1 Å². The van der Waals surface area contributed by atoms with Gasteiger partial charge >= 0.3 is 0 Å². The summed E-state index contributed by atoms with van der Waals surface area (Å²) >= 11 is 6.09. The number of anilines is 1. The average molecular weight is 543 g/mol. The molecule has 11 heteroatoms. The second-order valence-electron chi connectivity index (χ2n) is 8.07. The van der Waals surface area contributed by atoms with Crippen molar-refractivity contribution in [3.05, 3.63) is 95.0 Å². The number of para-hydroxylation sites is 1. The molecule has 0 radical (unpaired) electrons. The monoisotopic (exact) mass is 542 g/mol. The third-order valence-corrected chi connectivity index (χ3v) is 6.58. The number of carbonyl (C=O) groups is 2. The molecule has 0 aromatic heterocycles. The van der Waals surface area contributed by atoms with E-state index < -0.39 is 22.5 Å². The quantitative estimate of drug-likeness (QED) is 0.284. The predicted molar refractivity (Wildman–Crippen MR) is 144 cm³/mol. The van der Waals surface area contributed by atoms with Gasteiger partial charge in [0, 0.05) is 0 Å². The number of nitrogens with one attached hydrogen (secondary N) is 2. The lowest BCUT2D eigenvalue weighted by atomic mass is 10.1. The van der Waals surface area contributed by atoms with Crippen LogP contribution in [-0.2, 0) is 19.6 Å². The summed E-state index contributed by atoms with van der Waals surface area (Å²) in [4.78, 5) is 24.5. The molecule has 3 aromatic carbocycles. The molecule has 0 unspecified atom stereocenters. The Labute approximate surface area is 221 Å². The molecule has 0 saturated heterocycles. The maximum atomic E-state index is 12.3. The van der Waals surface area contributed by atoms with Crippen molar-refractivity contribution in [1.82, 2.24) is 10.7 Å². The van der Waals surface area contributed by atoms with Crippen LogP contribution in [0.15, 0.2) is 84.0 Å². The van der Waals surface area contributed by atoms with Gasteiger partial charge in [0.1, 0.15) is 12.3 Å². The van der Waals surface area contributed by atoms with Crippen LogP contribution in [0, 0.1) is 0 Å². The van der Waals surface area contributed by atoms with E-state index in [-0.39, 0.29) is 29.3 Å².